The average molecular weight is 688 g/mol. The number of hydrogen-bond acceptors (Lipinski definition) is 7. The fourth-order valence-corrected chi connectivity index (χ4v) is 9.00. The van der Waals surface area contributed by atoms with Crippen molar-refractivity contribution in [3.05, 3.63) is 84.3 Å². The van der Waals surface area contributed by atoms with Gasteiger partial charge >= 0.3 is 0 Å². The van der Waals surface area contributed by atoms with Gasteiger partial charge in [-0.1, -0.05) is 55.3 Å². The molecule has 49 heavy (non-hydrogen) atoms. The number of rotatable bonds is 7. The number of Topliss-reactive ketones (excluding diaryl/α,β-unsaturated/α-hetero) is 1. The van der Waals surface area contributed by atoms with Gasteiger partial charge in [-0.3, -0.25) is 19.1 Å². The standard InChI is InChI=1S/C38H42FN3O6S/c39-29-13-8-9-25(20-29)19-27-11-4-2-1-3-5-12-28-22-38(28,37(45)41-49(46,47)31-15-16-31)23-34(43)33-21-30(24-42(33)36(27)44)48-35-32-14-7-6-10-26(32)17-18-40-35/h5-10,12-14,17-18,20,27-28,30-31,33H,1-4,11,15-16,19,21-24H2,(H,41,45)/b12-5-/t27-,28-,30-,33+,38-/m1/s1. The predicted octanol–water partition coefficient (Wildman–Crippen LogP) is 5.68. The average Bonchev–Trinajstić information content (AvgIpc) is 4.00. The summed E-state index contributed by atoms with van der Waals surface area (Å²) in [6.45, 7) is 0.151. The van der Waals surface area contributed by atoms with Gasteiger partial charge in [-0.2, -0.15) is 0 Å². The highest BCUT2D eigenvalue weighted by molar-refractivity contribution is 7.90. The molecule has 2 amide bonds. The quantitative estimate of drug-likeness (QED) is 0.318. The second-order valence-corrected chi connectivity index (χ2v) is 16.2. The van der Waals surface area contributed by atoms with E-state index in [0.717, 1.165) is 36.5 Å². The zero-order valence-electron chi connectivity index (χ0n) is 27.4. The van der Waals surface area contributed by atoms with E-state index < -0.39 is 44.7 Å². The molecule has 0 spiro atoms. The Balaban J connectivity index is 1.20. The molecule has 2 aliphatic carbocycles. The molecule has 1 saturated heterocycles. The number of ketones is 1. The number of amides is 2. The Labute approximate surface area is 286 Å². The fraction of sp³-hybridized carbons (Fsp3) is 0.474. The molecule has 1 aromatic heterocycles. The summed E-state index contributed by atoms with van der Waals surface area (Å²) in [5.41, 5.74) is -0.482. The van der Waals surface area contributed by atoms with Crippen molar-refractivity contribution in [3.63, 3.8) is 0 Å². The summed E-state index contributed by atoms with van der Waals surface area (Å²) >= 11 is 0. The van der Waals surface area contributed by atoms with Crippen molar-refractivity contribution >= 4 is 38.4 Å². The Kier molecular flexibility index (Phi) is 9.30. The Hall–Kier alpha value is -4.12. The lowest BCUT2D eigenvalue weighted by Crippen LogP contribution is -2.46. The number of sulfonamides is 1. The van der Waals surface area contributed by atoms with Gasteiger partial charge < -0.3 is 9.64 Å². The van der Waals surface area contributed by atoms with Crippen LogP contribution in [0, 0.1) is 23.1 Å². The van der Waals surface area contributed by atoms with Crippen LogP contribution in [0.25, 0.3) is 10.8 Å². The summed E-state index contributed by atoms with van der Waals surface area (Å²) in [5.74, 6) is -1.84. The summed E-state index contributed by atoms with van der Waals surface area (Å²) in [5, 5.41) is 1.19. The highest BCUT2D eigenvalue weighted by atomic mass is 32.2. The molecule has 258 valence electrons. The minimum Gasteiger partial charge on any atom is -0.472 e. The van der Waals surface area contributed by atoms with Crippen LogP contribution in [0.2, 0.25) is 0 Å². The van der Waals surface area contributed by atoms with E-state index in [-0.39, 0.29) is 42.8 Å². The molecule has 2 saturated carbocycles. The first kappa shape index (κ1) is 33.4. The number of hydrogen-bond donors (Lipinski definition) is 1. The van der Waals surface area contributed by atoms with E-state index in [1.165, 1.54) is 12.1 Å². The highest BCUT2D eigenvalue weighted by Gasteiger charge is 2.61. The molecular formula is C38H42FN3O6S. The van der Waals surface area contributed by atoms with Crippen LogP contribution in [0.3, 0.4) is 0 Å². The normalized spacial score (nSPS) is 28.6. The molecule has 4 aliphatic rings. The zero-order chi connectivity index (χ0) is 34.2. The van der Waals surface area contributed by atoms with Crippen LogP contribution in [0.5, 0.6) is 5.88 Å². The van der Waals surface area contributed by atoms with Crippen LogP contribution in [0.1, 0.15) is 69.8 Å². The third-order valence-corrected chi connectivity index (χ3v) is 12.4. The first-order valence-corrected chi connectivity index (χ1v) is 19.0. The molecule has 9 nitrogen and oxygen atoms in total. The minimum absolute atomic E-state index is 0.151. The molecule has 2 aromatic carbocycles. The monoisotopic (exact) mass is 687 g/mol. The summed E-state index contributed by atoms with van der Waals surface area (Å²) in [4.78, 5) is 48.7. The van der Waals surface area contributed by atoms with Gasteiger partial charge in [0.25, 0.3) is 0 Å². The first-order chi connectivity index (χ1) is 23.6. The van der Waals surface area contributed by atoms with Crippen molar-refractivity contribution < 1.29 is 31.9 Å². The van der Waals surface area contributed by atoms with Crippen molar-refractivity contribution in [2.24, 2.45) is 17.3 Å². The maximum Gasteiger partial charge on any atom is 0.240 e. The number of ether oxygens (including phenoxy) is 1. The summed E-state index contributed by atoms with van der Waals surface area (Å²) in [7, 11) is -3.81. The number of allylic oxidation sites excluding steroid dienone is 2. The lowest BCUT2D eigenvalue weighted by molar-refractivity contribution is -0.142. The Morgan fingerprint density at radius 2 is 1.88 bits per heavy atom. The number of halogens is 1. The zero-order valence-corrected chi connectivity index (χ0v) is 28.2. The molecule has 7 rings (SSSR count). The van der Waals surface area contributed by atoms with E-state index in [0.29, 0.717) is 43.5 Å². The van der Waals surface area contributed by atoms with Crippen molar-refractivity contribution in [3.8, 4) is 5.88 Å². The van der Waals surface area contributed by atoms with Crippen LogP contribution in [0.15, 0.2) is 72.9 Å². The van der Waals surface area contributed by atoms with Gasteiger partial charge in [0.2, 0.25) is 27.7 Å². The molecule has 3 fully saturated rings. The van der Waals surface area contributed by atoms with Gasteiger partial charge in [0.15, 0.2) is 5.78 Å². The SMILES string of the molecule is O=C1C[C@]2(C(=O)NS(=O)(=O)C3CC3)C[C@H]2/C=C\CCCCC[C@H](Cc2cccc(F)c2)C(=O)N2C[C@H](Oc3nccc4ccccc34)C[C@@H]12. The Morgan fingerprint density at radius 1 is 1.04 bits per heavy atom. The number of nitrogens with one attached hydrogen (secondary N) is 1. The molecule has 3 heterocycles. The van der Waals surface area contributed by atoms with Crippen molar-refractivity contribution in [1.29, 1.82) is 0 Å². The van der Waals surface area contributed by atoms with E-state index in [1.807, 2.05) is 48.6 Å². The Bertz CT molecular complexity index is 1890. The smallest absolute Gasteiger partial charge is 0.240 e. The molecule has 1 N–H and O–H groups in total. The summed E-state index contributed by atoms with van der Waals surface area (Å²) in [6.07, 6.45) is 10.8. The van der Waals surface area contributed by atoms with Crippen molar-refractivity contribution in [1.82, 2.24) is 14.6 Å². The van der Waals surface area contributed by atoms with Gasteiger partial charge in [0, 0.05) is 30.3 Å². The van der Waals surface area contributed by atoms with E-state index in [2.05, 4.69) is 9.71 Å². The predicted molar refractivity (Wildman–Crippen MR) is 182 cm³/mol. The van der Waals surface area contributed by atoms with Gasteiger partial charge in [-0.05, 0) is 86.1 Å². The van der Waals surface area contributed by atoms with Crippen LogP contribution in [0.4, 0.5) is 4.39 Å². The summed E-state index contributed by atoms with van der Waals surface area (Å²) < 4.78 is 48.5. The molecule has 0 radical (unpaired) electrons. The maximum atomic E-state index is 14.5. The number of carbonyl (C=O) groups excluding carboxylic acids is 3. The Morgan fingerprint density at radius 3 is 2.69 bits per heavy atom. The molecule has 0 bridgehead atoms. The van der Waals surface area contributed by atoms with Gasteiger partial charge in [0.1, 0.15) is 11.9 Å². The largest absolute Gasteiger partial charge is 0.472 e. The molecule has 2 aliphatic heterocycles. The number of fused-ring (bicyclic) bond motifs is 3. The lowest BCUT2D eigenvalue weighted by atomic mass is 9.90. The number of pyridine rings is 1. The molecule has 5 atom stereocenters. The lowest BCUT2D eigenvalue weighted by Gasteiger charge is -2.29. The highest BCUT2D eigenvalue weighted by Crippen LogP contribution is 2.57. The van der Waals surface area contributed by atoms with Crippen molar-refractivity contribution in [2.45, 2.75) is 88.0 Å². The third-order valence-electron chi connectivity index (χ3n) is 10.6. The second-order valence-electron chi connectivity index (χ2n) is 14.2. The van der Waals surface area contributed by atoms with Gasteiger partial charge in [-0.15, -0.1) is 0 Å². The van der Waals surface area contributed by atoms with Crippen molar-refractivity contribution in [2.75, 3.05) is 6.54 Å². The number of nitrogens with zero attached hydrogens (tertiary/aromatic N) is 2. The fourth-order valence-electron chi connectivity index (χ4n) is 7.61. The van der Waals surface area contributed by atoms with E-state index in [4.69, 9.17) is 4.74 Å². The number of carbonyl (C=O) groups is 3. The first-order valence-electron chi connectivity index (χ1n) is 17.4. The molecular weight excluding hydrogens is 645 g/mol. The number of aromatic nitrogens is 1. The topological polar surface area (TPSA) is 123 Å². The van der Waals surface area contributed by atoms with E-state index >= 15 is 0 Å². The van der Waals surface area contributed by atoms with E-state index in [9.17, 15) is 27.2 Å². The maximum absolute atomic E-state index is 14.5. The third kappa shape index (κ3) is 7.27. The molecule has 0 unspecified atom stereocenters. The summed E-state index contributed by atoms with van der Waals surface area (Å²) in [6, 6.07) is 15.0. The van der Waals surface area contributed by atoms with Gasteiger partial charge in [-0.25, -0.2) is 17.8 Å². The molecule has 3 aromatic rings. The van der Waals surface area contributed by atoms with Gasteiger partial charge in [0.05, 0.1) is 23.3 Å². The number of benzene rings is 2. The van der Waals surface area contributed by atoms with Crippen LogP contribution >= 0.6 is 0 Å². The van der Waals surface area contributed by atoms with E-state index in [1.54, 1.807) is 17.2 Å². The molecule has 11 heteroatoms. The minimum atomic E-state index is -3.81. The second kappa shape index (κ2) is 13.7. The van der Waals surface area contributed by atoms with Crippen LogP contribution in [-0.4, -0.2) is 59.8 Å². The van der Waals surface area contributed by atoms with Crippen LogP contribution < -0.4 is 9.46 Å². The van der Waals surface area contributed by atoms with Crippen LogP contribution in [-0.2, 0) is 30.8 Å².